The van der Waals surface area contributed by atoms with Crippen LogP contribution in [0.1, 0.15) is 37.3 Å². The van der Waals surface area contributed by atoms with Gasteiger partial charge < -0.3 is 15.3 Å². The van der Waals surface area contributed by atoms with E-state index in [0.29, 0.717) is 13.0 Å². The molecule has 2 aliphatic heterocycles. The first-order valence-corrected chi connectivity index (χ1v) is 10.6. The molecule has 2 saturated heterocycles. The molecule has 0 aromatic heterocycles. The Hall–Kier alpha value is -1.92. The van der Waals surface area contributed by atoms with E-state index >= 15 is 0 Å². The molecule has 1 aromatic rings. The van der Waals surface area contributed by atoms with Crippen molar-refractivity contribution >= 4 is 11.8 Å². The number of hydrogen-bond donors (Lipinski definition) is 2. The minimum Gasteiger partial charge on any atom is -0.396 e. The number of piperazine rings is 1. The third-order valence-electron chi connectivity index (χ3n) is 6.64. The van der Waals surface area contributed by atoms with E-state index < -0.39 is 0 Å². The number of amides is 2. The minimum absolute atomic E-state index is 0.00118. The lowest BCUT2D eigenvalue weighted by atomic mass is 9.95. The topological polar surface area (TPSA) is 72.9 Å². The molecule has 152 valence electrons. The van der Waals surface area contributed by atoms with Crippen LogP contribution in [-0.4, -0.2) is 71.1 Å². The van der Waals surface area contributed by atoms with Crippen molar-refractivity contribution in [2.24, 2.45) is 5.92 Å². The van der Waals surface area contributed by atoms with E-state index in [9.17, 15) is 9.59 Å². The highest BCUT2D eigenvalue weighted by Gasteiger charge is 2.48. The highest BCUT2D eigenvalue weighted by atomic mass is 16.3. The van der Waals surface area contributed by atoms with Crippen molar-refractivity contribution < 1.29 is 14.7 Å². The van der Waals surface area contributed by atoms with Gasteiger partial charge in [-0.1, -0.05) is 31.2 Å². The largest absolute Gasteiger partial charge is 0.396 e. The lowest BCUT2D eigenvalue weighted by Crippen LogP contribution is -2.56. The summed E-state index contributed by atoms with van der Waals surface area (Å²) in [5, 5.41) is 12.3. The van der Waals surface area contributed by atoms with Gasteiger partial charge in [0.2, 0.25) is 11.8 Å². The Morgan fingerprint density at radius 2 is 1.96 bits per heavy atom. The average Bonchev–Trinajstić information content (AvgIpc) is 3.26. The van der Waals surface area contributed by atoms with Crippen molar-refractivity contribution in [2.75, 3.05) is 26.2 Å². The lowest BCUT2D eigenvalue weighted by molar-refractivity contribution is -0.140. The molecule has 0 bridgehead atoms. The molecule has 0 unspecified atom stereocenters. The molecule has 6 heteroatoms. The monoisotopic (exact) mass is 385 g/mol. The molecular formula is C22H31N3O3. The zero-order valence-electron chi connectivity index (χ0n) is 16.6. The maximum Gasteiger partial charge on any atom is 0.237 e. The molecule has 1 aliphatic carbocycles. The van der Waals surface area contributed by atoms with Crippen LogP contribution in [0.2, 0.25) is 0 Å². The second-order valence-electron chi connectivity index (χ2n) is 8.47. The Kier molecular flexibility index (Phi) is 5.69. The van der Waals surface area contributed by atoms with Crippen molar-refractivity contribution in [3.63, 3.8) is 0 Å². The van der Waals surface area contributed by atoms with Crippen molar-refractivity contribution in [3.8, 4) is 0 Å². The Morgan fingerprint density at radius 3 is 2.61 bits per heavy atom. The number of rotatable bonds is 6. The lowest BCUT2D eigenvalue weighted by Gasteiger charge is -2.39. The van der Waals surface area contributed by atoms with Crippen LogP contribution in [-0.2, 0) is 22.4 Å². The SMILES string of the molecule is CC[C@@H]1[C@H](C(=O)NC2Cc3ccccc3C2)C[C@@H]2CN(CCCO)CC(=O)N21. The molecule has 0 spiro atoms. The number of nitrogens with one attached hydrogen (secondary N) is 1. The summed E-state index contributed by atoms with van der Waals surface area (Å²) in [5.41, 5.74) is 2.66. The maximum absolute atomic E-state index is 13.1. The summed E-state index contributed by atoms with van der Waals surface area (Å²) < 4.78 is 0. The van der Waals surface area contributed by atoms with E-state index in [1.807, 2.05) is 4.90 Å². The van der Waals surface area contributed by atoms with Crippen LogP contribution in [0.5, 0.6) is 0 Å². The molecule has 0 saturated carbocycles. The fourth-order valence-electron chi connectivity index (χ4n) is 5.41. The van der Waals surface area contributed by atoms with Gasteiger partial charge in [-0.25, -0.2) is 0 Å². The van der Waals surface area contributed by atoms with Gasteiger partial charge in [-0.2, -0.15) is 0 Å². The summed E-state index contributed by atoms with van der Waals surface area (Å²) in [4.78, 5) is 30.0. The van der Waals surface area contributed by atoms with Crippen LogP contribution >= 0.6 is 0 Å². The molecule has 1 aromatic carbocycles. The Labute approximate surface area is 166 Å². The molecule has 2 heterocycles. The number of benzene rings is 1. The molecule has 2 amide bonds. The van der Waals surface area contributed by atoms with Crippen LogP contribution in [0.25, 0.3) is 0 Å². The summed E-state index contributed by atoms with van der Waals surface area (Å²) in [5.74, 6) is 0.110. The van der Waals surface area contributed by atoms with Gasteiger partial charge in [0.25, 0.3) is 0 Å². The van der Waals surface area contributed by atoms with Crippen LogP contribution in [0.4, 0.5) is 0 Å². The maximum atomic E-state index is 13.1. The first kappa shape index (κ1) is 19.4. The van der Waals surface area contributed by atoms with Gasteiger partial charge >= 0.3 is 0 Å². The van der Waals surface area contributed by atoms with Crippen LogP contribution in [0, 0.1) is 5.92 Å². The van der Waals surface area contributed by atoms with E-state index in [-0.39, 0.29) is 42.5 Å². The molecule has 4 rings (SSSR count). The van der Waals surface area contributed by atoms with Crippen molar-refractivity contribution in [1.82, 2.24) is 15.1 Å². The van der Waals surface area contributed by atoms with Crippen molar-refractivity contribution in [2.45, 2.75) is 57.2 Å². The van der Waals surface area contributed by atoms with Gasteiger partial charge in [0.1, 0.15) is 0 Å². The third-order valence-corrected chi connectivity index (χ3v) is 6.64. The number of fused-ring (bicyclic) bond motifs is 2. The summed E-state index contributed by atoms with van der Waals surface area (Å²) in [6, 6.07) is 8.68. The smallest absolute Gasteiger partial charge is 0.237 e. The van der Waals surface area contributed by atoms with E-state index in [4.69, 9.17) is 5.11 Å². The first-order chi connectivity index (χ1) is 13.6. The number of aliphatic hydroxyl groups is 1. The molecule has 3 aliphatic rings. The van der Waals surface area contributed by atoms with Gasteiger partial charge in [0.05, 0.1) is 12.5 Å². The minimum atomic E-state index is -0.125. The highest BCUT2D eigenvalue weighted by Crippen LogP contribution is 2.35. The number of hydrogen-bond acceptors (Lipinski definition) is 4. The van der Waals surface area contributed by atoms with Crippen molar-refractivity contribution in [3.05, 3.63) is 35.4 Å². The zero-order chi connectivity index (χ0) is 19.7. The van der Waals surface area contributed by atoms with E-state index in [0.717, 1.165) is 38.8 Å². The Bertz CT molecular complexity index is 712. The fraction of sp³-hybridized carbons (Fsp3) is 0.636. The number of carbonyl (C=O) groups is 2. The summed E-state index contributed by atoms with van der Waals surface area (Å²) in [7, 11) is 0. The molecule has 3 atom stereocenters. The first-order valence-electron chi connectivity index (χ1n) is 10.6. The Morgan fingerprint density at radius 1 is 1.25 bits per heavy atom. The Balaban J connectivity index is 1.41. The van der Waals surface area contributed by atoms with E-state index in [1.54, 1.807) is 0 Å². The summed E-state index contributed by atoms with van der Waals surface area (Å²) in [6.45, 7) is 4.16. The molecule has 0 radical (unpaired) electrons. The summed E-state index contributed by atoms with van der Waals surface area (Å²) in [6.07, 6.45) is 4.02. The number of nitrogens with zero attached hydrogens (tertiary/aromatic N) is 2. The quantitative estimate of drug-likeness (QED) is 0.765. The second kappa shape index (κ2) is 8.21. The fourth-order valence-corrected chi connectivity index (χ4v) is 5.41. The average molecular weight is 386 g/mol. The predicted octanol–water partition coefficient (Wildman–Crippen LogP) is 0.964. The van der Waals surface area contributed by atoms with Gasteiger partial charge in [-0.15, -0.1) is 0 Å². The zero-order valence-corrected chi connectivity index (χ0v) is 16.6. The van der Waals surface area contributed by atoms with Gasteiger partial charge in [0.15, 0.2) is 0 Å². The van der Waals surface area contributed by atoms with Crippen LogP contribution in [0.15, 0.2) is 24.3 Å². The van der Waals surface area contributed by atoms with Crippen molar-refractivity contribution in [1.29, 1.82) is 0 Å². The summed E-state index contributed by atoms with van der Waals surface area (Å²) >= 11 is 0. The number of aliphatic hydroxyl groups excluding tert-OH is 1. The molecule has 28 heavy (non-hydrogen) atoms. The molecule has 2 fully saturated rings. The van der Waals surface area contributed by atoms with Gasteiger partial charge in [0, 0.05) is 37.8 Å². The molecule has 2 N–H and O–H groups in total. The second-order valence-corrected chi connectivity index (χ2v) is 8.47. The standard InChI is InChI=1S/C22H31N3O3/c1-2-20-19(12-18-13-24(8-5-9-26)14-21(27)25(18)20)22(28)23-17-10-15-6-3-4-7-16(15)11-17/h3-4,6-7,17-20,26H,2,5,8-14H2,1H3,(H,23,28)/t18-,19-,20-/m1/s1. The predicted molar refractivity (Wildman–Crippen MR) is 107 cm³/mol. The number of carbonyl (C=O) groups excluding carboxylic acids is 2. The van der Waals surface area contributed by atoms with Gasteiger partial charge in [-0.05, 0) is 43.2 Å². The third kappa shape index (κ3) is 3.67. The van der Waals surface area contributed by atoms with E-state index in [1.165, 1.54) is 11.1 Å². The van der Waals surface area contributed by atoms with Crippen LogP contribution < -0.4 is 5.32 Å². The van der Waals surface area contributed by atoms with E-state index in [2.05, 4.69) is 41.4 Å². The highest BCUT2D eigenvalue weighted by molar-refractivity contribution is 5.85. The normalized spacial score (nSPS) is 27.7. The molecular weight excluding hydrogens is 354 g/mol. The van der Waals surface area contributed by atoms with Gasteiger partial charge in [-0.3, -0.25) is 14.5 Å². The molecule has 6 nitrogen and oxygen atoms in total. The van der Waals surface area contributed by atoms with Crippen LogP contribution in [0.3, 0.4) is 0 Å².